The third-order valence-corrected chi connectivity index (χ3v) is 4.76. The summed E-state index contributed by atoms with van der Waals surface area (Å²) in [6.07, 6.45) is 2.80. The molecule has 0 unspecified atom stereocenters. The van der Waals surface area contributed by atoms with Crippen molar-refractivity contribution in [2.24, 2.45) is 0 Å². The lowest BCUT2D eigenvalue weighted by Crippen LogP contribution is -2.25. The summed E-state index contributed by atoms with van der Waals surface area (Å²) < 4.78 is 0. The summed E-state index contributed by atoms with van der Waals surface area (Å²) in [7, 11) is 0. The third-order valence-electron chi connectivity index (χ3n) is 4.76. The van der Waals surface area contributed by atoms with Crippen molar-refractivity contribution in [1.82, 2.24) is 25.6 Å². The van der Waals surface area contributed by atoms with Crippen molar-refractivity contribution in [2.75, 3.05) is 17.2 Å². The van der Waals surface area contributed by atoms with Gasteiger partial charge in [0.1, 0.15) is 0 Å². The zero-order valence-corrected chi connectivity index (χ0v) is 17.5. The number of hydrogen-bond acceptors (Lipinski definition) is 6. The number of pyridine rings is 1. The van der Waals surface area contributed by atoms with Gasteiger partial charge in [0.05, 0.1) is 5.69 Å². The molecule has 2 aromatic carbocycles. The molecule has 4 rings (SSSR count). The topological polar surface area (TPSA) is 96.6 Å². The highest BCUT2D eigenvalue weighted by molar-refractivity contribution is 5.85. The first-order chi connectivity index (χ1) is 14.3. The van der Waals surface area contributed by atoms with Crippen molar-refractivity contribution in [3.8, 4) is 22.5 Å². The van der Waals surface area contributed by atoms with Crippen LogP contribution in [0.15, 0.2) is 66.9 Å². The van der Waals surface area contributed by atoms with Gasteiger partial charge in [-0.3, -0.25) is 0 Å². The van der Waals surface area contributed by atoms with Crippen molar-refractivity contribution in [1.29, 1.82) is 0 Å². The van der Waals surface area contributed by atoms with Crippen molar-refractivity contribution in [3.63, 3.8) is 0 Å². The summed E-state index contributed by atoms with van der Waals surface area (Å²) in [6, 6.07) is 20.3. The minimum absolute atomic E-state index is 0. The third kappa shape index (κ3) is 4.58. The number of halogens is 1. The molecule has 3 N–H and O–H groups in total. The molecule has 4 aromatic rings. The van der Waals surface area contributed by atoms with Crippen molar-refractivity contribution < 1.29 is 0 Å². The van der Waals surface area contributed by atoms with Crippen LogP contribution < -0.4 is 10.6 Å². The maximum absolute atomic E-state index is 6.14. The van der Waals surface area contributed by atoms with Gasteiger partial charge in [0.2, 0.25) is 5.82 Å². The fraction of sp³-hybridized carbons (Fsp3) is 0.182. The summed E-state index contributed by atoms with van der Waals surface area (Å²) in [5, 5.41) is 14.4. The standard InChI is InChI=1S/C22H23N7.ClH/c1-2-14-29(22-20(23)8-5-13-24-22)15-16-9-11-17(12-10-16)18-6-3-4-7-19(18)21-25-27-28-26-21;/h3-13H,2,14-15,23H2,1H3,(H,25,26,27,28);1H. The van der Waals surface area contributed by atoms with Crippen LogP contribution in [0.4, 0.5) is 11.5 Å². The van der Waals surface area contributed by atoms with E-state index in [9.17, 15) is 0 Å². The Labute approximate surface area is 181 Å². The molecule has 0 radical (unpaired) electrons. The molecule has 0 aliphatic rings. The summed E-state index contributed by atoms with van der Waals surface area (Å²) in [5.41, 5.74) is 11.2. The SMILES string of the molecule is CCCN(Cc1ccc(-c2ccccc2-c2nn[nH]n2)cc1)c1ncccc1N.Cl. The van der Waals surface area contributed by atoms with Gasteiger partial charge in [0.15, 0.2) is 5.82 Å². The van der Waals surface area contributed by atoms with Crippen LogP contribution in [0.1, 0.15) is 18.9 Å². The van der Waals surface area contributed by atoms with Gasteiger partial charge >= 0.3 is 0 Å². The smallest absolute Gasteiger partial charge is 0.205 e. The molecule has 0 saturated heterocycles. The van der Waals surface area contributed by atoms with E-state index in [1.165, 1.54) is 5.56 Å². The number of rotatable bonds is 7. The molecule has 2 aromatic heterocycles. The Balaban J connectivity index is 0.00000256. The van der Waals surface area contributed by atoms with E-state index in [0.717, 1.165) is 42.0 Å². The minimum atomic E-state index is 0. The summed E-state index contributed by atoms with van der Waals surface area (Å²) >= 11 is 0. The monoisotopic (exact) mass is 421 g/mol. The van der Waals surface area contributed by atoms with E-state index in [1.807, 2.05) is 30.3 Å². The Morgan fingerprint density at radius 3 is 2.40 bits per heavy atom. The van der Waals surface area contributed by atoms with Crippen molar-refractivity contribution in [2.45, 2.75) is 19.9 Å². The number of aromatic amines is 1. The Kier molecular flexibility index (Phi) is 6.98. The van der Waals surface area contributed by atoms with Gasteiger partial charge in [0, 0.05) is 24.8 Å². The van der Waals surface area contributed by atoms with Crippen molar-refractivity contribution >= 4 is 23.9 Å². The number of tetrazole rings is 1. The molecular formula is C22H24ClN7. The molecule has 0 amide bonds. The number of nitrogens with zero attached hydrogens (tertiary/aromatic N) is 5. The molecule has 0 aliphatic carbocycles. The summed E-state index contributed by atoms with van der Waals surface area (Å²) in [5.74, 6) is 1.42. The van der Waals surface area contributed by atoms with Crippen LogP contribution in [0.3, 0.4) is 0 Å². The molecule has 0 fully saturated rings. The fourth-order valence-corrected chi connectivity index (χ4v) is 3.42. The number of hydrogen-bond donors (Lipinski definition) is 2. The second-order valence-electron chi connectivity index (χ2n) is 6.82. The van der Waals surface area contributed by atoms with Gasteiger partial charge in [-0.1, -0.05) is 55.5 Å². The Morgan fingerprint density at radius 1 is 0.967 bits per heavy atom. The fourth-order valence-electron chi connectivity index (χ4n) is 3.42. The molecule has 2 heterocycles. The van der Waals surface area contributed by atoms with Gasteiger partial charge in [-0.2, -0.15) is 5.21 Å². The highest BCUT2D eigenvalue weighted by Gasteiger charge is 2.13. The number of benzene rings is 2. The number of aromatic nitrogens is 5. The van der Waals surface area contributed by atoms with Crippen LogP contribution in [0.2, 0.25) is 0 Å². The molecule has 0 saturated carbocycles. The number of nitrogen functional groups attached to an aromatic ring is 1. The number of anilines is 2. The quantitative estimate of drug-likeness (QED) is 0.460. The second kappa shape index (κ2) is 9.84. The first-order valence-electron chi connectivity index (χ1n) is 9.64. The predicted octanol–water partition coefficient (Wildman–Crippen LogP) is 4.35. The molecule has 30 heavy (non-hydrogen) atoms. The average molecular weight is 422 g/mol. The zero-order valence-electron chi connectivity index (χ0n) is 16.7. The molecule has 0 atom stereocenters. The van der Waals surface area contributed by atoms with E-state index in [2.05, 4.69) is 67.8 Å². The predicted molar refractivity (Wildman–Crippen MR) is 122 cm³/mol. The zero-order chi connectivity index (χ0) is 20.1. The Bertz CT molecular complexity index is 1070. The molecule has 0 spiro atoms. The molecular weight excluding hydrogens is 398 g/mol. The Morgan fingerprint density at radius 2 is 1.73 bits per heavy atom. The normalized spacial score (nSPS) is 10.4. The first kappa shape index (κ1) is 21.3. The maximum Gasteiger partial charge on any atom is 0.205 e. The molecule has 0 aliphatic heterocycles. The minimum Gasteiger partial charge on any atom is -0.396 e. The first-order valence-corrected chi connectivity index (χ1v) is 9.64. The van der Waals surface area contributed by atoms with Crippen LogP contribution in [-0.2, 0) is 6.54 Å². The number of H-pyrrole nitrogens is 1. The van der Waals surface area contributed by atoms with Gasteiger partial charge in [0.25, 0.3) is 0 Å². The van der Waals surface area contributed by atoms with Crippen LogP contribution in [-0.4, -0.2) is 32.2 Å². The van der Waals surface area contributed by atoms with E-state index in [-0.39, 0.29) is 12.4 Å². The van der Waals surface area contributed by atoms with Crippen LogP contribution in [0.25, 0.3) is 22.5 Å². The van der Waals surface area contributed by atoms with E-state index in [4.69, 9.17) is 5.73 Å². The lowest BCUT2D eigenvalue weighted by Gasteiger charge is -2.24. The lowest BCUT2D eigenvalue weighted by atomic mass is 9.98. The van der Waals surface area contributed by atoms with Gasteiger partial charge in [-0.15, -0.1) is 22.6 Å². The lowest BCUT2D eigenvalue weighted by molar-refractivity contribution is 0.756. The van der Waals surface area contributed by atoms with E-state index in [1.54, 1.807) is 6.20 Å². The van der Waals surface area contributed by atoms with Gasteiger partial charge < -0.3 is 10.6 Å². The summed E-state index contributed by atoms with van der Waals surface area (Å²) in [6.45, 7) is 3.80. The van der Waals surface area contributed by atoms with Gasteiger partial charge in [-0.25, -0.2) is 4.98 Å². The summed E-state index contributed by atoms with van der Waals surface area (Å²) in [4.78, 5) is 6.70. The molecule has 8 heteroatoms. The van der Waals surface area contributed by atoms with Crippen LogP contribution in [0.5, 0.6) is 0 Å². The molecule has 154 valence electrons. The highest BCUT2D eigenvalue weighted by Crippen LogP contribution is 2.30. The molecule has 0 bridgehead atoms. The van der Waals surface area contributed by atoms with E-state index >= 15 is 0 Å². The Hall–Kier alpha value is -3.45. The number of nitrogens with two attached hydrogens (primary N) is 1. The van der Waals surface area contributed by atoms with Crippen molar-refractivity contribution in [3.05, 3.63) is 72.4 Å². The van der Waals surface area contributed by atoms with Crippen LogP contribution >= 0.6 is 12.4 Å². The largest absolute Gasteiger partial charge is 0.396 e. The van der Waals surface area contributed by atoms with E-state index < -0.39 is 0 Å². The average Bonchev–Trinajstić information content (AvgIpc) is 3.29. The number of nitrogens with one attached hydrogen (secondary N) is 1. The molecule has 7 nitrogen and oxygen atoms in total. The van der Waals surface area contributed by atoms with Gasteiger partial charge in [-0.05, 0) is 40.5 Å². The highest BCUT2D eigenvalue weighted by atomic mass is 35.5. The second-order valence-corrected chi connectivity index (χ2v) is 6.82. The van der Waals surface area contributed by atoms with E-state index in [0.29, 0.717) is 11.5 Å². The van der Waals surface area contributed by atoms with Crippen LogP contribution in [0, 0.1) is 0 Å². The maximum atomic E-state index is 6.14.